The maximum Gasteiger partial charge on any atom is 0 e. The first-order chi connectivity index (χ1) is 4.33. The molecule has 60 valence electrons. The van der Waals surface area contributed by atoms with Crippen LogP contribution in [0.1, 0.15) is 46.0 Å². The minimum absolute atomic E-state index is 0. The van der Waals surface area contributed by atoms with Gasteiger partial charge in [0.25, 0.3) is 0 Å². The zero-order valence-electron chi connectivity index (χ0n) is 7.02. The summed E-state index contributed by atoms with van der Waals surface area (Å²) in [5.41, 5.74) is 0. The van der Waals surface area contributed by atoms with Crippen molar-refractivity contribution in [2.24, 2.45) is 5.92 Å². The first kappa shape index (κ1) is 10.7. The van der Waals surface area contributed by atoms with Crippen LogP contribution in [-0.2, 0) is 21.1 Å². The van der Waals surface area contributed by atoms with E-state index in [1.165, 1.54) is 32.1 Å². The topological polar surface area (TPSA) is 0 Å². The molecule has 0 saturated heterocycles. The molecule has 0 heterocycles. The predicted molar refractivity (Wildman–Crippen MR) is 41.2 cm³/mol. The summed E-state index contributed by atoms with van der Waals surface area (Å²) in [6.45, 7) is 4.61. The van der Waals surface area contributed by atoms with E-state index in [0.29, 0.717) is 0 Å². The van der Waals surface area contributed by atoms with Crippen molar-refractivity contribution in [2.45, 2.75) is 46.0 Å². The van der Waals surface area contributed by atoms with E-state index in [9.17, 15) is 0 Å². The predicted octanol–water partition coefficient (Wildman–Crippen LogP) is 3.18. The van der Waals surface area contributed by atoms with Crippen LogP contribution in [0.2, 0.25) is 0 Å². The van der Waals surface area contributed by atoms with Crippen LogP contribution in [0.25, 0.3) is 0 Å². The van der Waals surface area contributed by atoms with Gasteiger partial charge < -0.3 is 5.92 Å². The largest absolute Gasteiger partial charge is 0.317 e. The number of rotatable bonds is 1. The molecule has 0 aliphatic heterocycles. The molecule has 1 fully saturated rings. The van der Waals surface area contributed by atoms with Gasteiger partial charge in [0.2, 0.25) is 0 Å². The first-order valence-corrected chi connectivity index (χ1v) is 4.14. The summed E-state index contributed by atoms with van der Waals surface area (Å²) in [5, 5.41) is 0. The molecule has 0 nitrogen and oxygen atoms in total. The summed E-state index contributed by atoms with van der Waals surface area (Å²) in [7, 11) is 0. The smallest absolute Gasteiger partial charge is 0 e. The Bertz CT molecular complexity index is 72.8. The molecule has 10 heavy (non-hydrogen) atoms. The summed E-state index contributed by atoms with van der Waals surface area (Å²) < 4.78 is 0. The van der Waals surface area contributed by atoms with Crippen LogP contribution >= 0.6 is 0 Å². The molecule has 0 aromatic rings. The van der Waals surface area contributed by atoms with Gasteiger partial charge >= 0.3 is 0 Å². The molecule has 1 rings (SSSR count). The Labute approximate surface area is 79.0 Å². The van der Waals surface area contributed by atoms with Crippen LogP contribution in [0.4, 0.5) is 0 Å². The minimum atomic E-state index is 0. The van der Waals surface area contributed by atoms with Gasteiger partial charge in [0.1, 0.15) is 0 Å². The van der Waals surface area contributed by atoms with Gasteiger partial charge in [-0.15, -0.1) is 0 Å². The summed E-state index contributed by atoms with van der Waals surface area (Å²) >= 11 is 0. The van der Waals surface area contributed by atoms with E-state index in [1.807, 2.05) is 0 Å². The average molecular weight is 309 g/mol. The SMILES string of the molecule is CCC1CC[C-](C)CC1.[W]. The van der Waals surface area contributed by atoms with Gasteiger partial charge in [-0.25, -0.2) is 0 Å². The van der Waals surface area contributed by atoms with Crippen molar-refractivity contribution in [1.29, 1.82) is 0 Å². The van der Waals surface area contributed by atoms with Crippen LogP contribution in [0, 0.1) is 11.8 Å². The minimum Gasteiger partial charge on any atom is -0.317 e. The normalized spacial score (nSPS) is 22.2. The van der Waals surface area contributed by atoms with Crippen molar-refractivity contribution in [3.05, 3.63) is 5.92 Å². The molecule has 0 N–H and O–H groups in total. The molecular formula is C9H17W-. The van der Waals surface area contributed by atoms with Gasteiger partial charge in [0.15, 0.2) is 0 Å². The Balaban J connectivity index is 0.000000810. The van der Waals surface area contributed by atoms with Crippen molar-refractivity contribution in [2.75, 3.05) is 0 Å². The molecular weight excluding hydrogens is 292 g/mol. The fourth-order valence-electron chi connectivity index (χ4n) is 1.58. The van der Waals surface area contributed by atoms with Crippen molar-refractivity contribution >= 4 is 0 Å². The average Bonchev–Trinajstić information content (AvgIpc) is 1.90. The second-order valence-electron chi connectivity index (χ2n) is 3.31. The molecule has 0 spiro atoms. The Kier molecular flexibility index (Phi) is 5.72. The molecule has 0 aromatic heterocycles. The zero-order chi connectivity index (χ0) is 6.69. The van der Waals surface area contributed by atoms with Crippen molar-refractivity contribution in [3.63, 3.8) is 0 Å². The van der Waals surface area contributed by atoms with E-state index in [-0.39, 0.29) is 21.1 Å². The van der Waals surface area contributed by atoms with E-state index >= 15 is 0 Å². The van der Waals surface area contributed by atoms with Crippen LogP contribution in [-0.4, -0.2) is 0 Å². The van der Waals surface area contributed by atoms with Crippen LogP contribution in [0.3, 0.4) is 0 Å². The second-order valence-corrected chi connectivity index (χ2v) is 3.31. The molecule has 0 amide bonds. The Morgan fingerprint density at radius 1 is 1.30 bits per heavy atom. The van der Waals surface area contributed by atoms with Crippen LogP contribution in [0.5, 0.6) is 0 Å². The van der Waals surface area contributed by atoms with Crippen molar-refractivity contribution in [1.82, 2.24) is 0 Å². The number of hydrogen-bond acceptors (Lipinski definition) is 0. The Morgan fingerprint density at radius 2 is 1.80 bits per heavy atom. The summed E-state index contributed by atoms with van der Waals surface area (Å²) in [4.78, 5) is 0. The van der Waals surface area contributed by atoms with E-state index in [1.54, 1.807) is 5.92 Å². The second kappa shape index (κ2) is 5.35. The van der Waals surface area contributed by atoms with Gasteiger partial charge in [0, 0.05) is 21.1 Å². The molecule has 1 heteroatoms. The summed E-state index contributed by atoms with van der Waals surface area (Å²) in [6.07, 6.45) is 7.12. The van der Waals surface area contributed by atoms with E-state index in [4.69, 9.17) is 0 Å². The van der Waals surface area contributed by atoms with Crippen molar-refractivity contribution in [3.8, 4) is 0 Å². The third-order valence-electron chi connectivity index (χ3n) is 2.54. The Morgan fingerprint density at radius 3 is 2.20 bits per heavy atom. The quantitative estimate of drug-likeness (QED) is 0.653. The van der Waals surface area contributed by atoms with Crippen LogP contribution in [0.15, 0.2) is 0 Å². The van der Waals surface area contributed by atoms with E-state index in [0.717, 1.165) is 5.92 Å². The van der Waals surface area contributed by atoms with Crippen molar-refractivity contribution < 1.29 is 21.1 Å². The Hall–Kier alpha value is 0.688. The molecule has 1 aliphatic rings. The molecule has 0 aromatic carbocycles. The maximum atomic E-state index is 2.31. The standard InChI is InChI=1S/C9H17.W/c1-3-9-6-4-8(2)5-7-9;/h9H,3-7H2,1-2H3;/q-1;. The molecule has 0 bridgehead atoms. The molecule has 0 atom stereocenters. The molecule has 1 aliphatic carbocycles. The molecule has 0 unspecified atom stereocenters. The van der Waals surface area contributed by atoms with E-state index in [2.05, 4.69) is 13.8 Å². The van der Waals surface area contributed by atoms with Gasteiger partial charge in [-0.1, -0.05) is 26.2 Å². The van der Waals surface area contributed by atoms with Gasteiger partial charge in [-0.05, 0) is 5.92 Å². The monoisotopic (exact) mass is 309 g/mol. The number of hydrogen-bond donors (Lipinski definition) is 0. The van der Waals surface area contributed by atoms with Gasteiger partial charge in [-0.2, -0.15) is 19.8 Å². The fourth-order valence-corrected chi connectivity index (χ4v) is 1.58. The summed E-state index contributed by atoms with van der Waals surface area (Å²) in [5.74, 6) is 2.77. The van der Waals surface area contributed by atoms with E-state index < -0.39 is 0 Å². The maximum absolute atomic E-state index is 2.31. The first-order valence-electron chi connectivity index (χ1n) is 4.14. The summed E-state index contributed by atoms with van der Waals surface area (Å²) in [6, 6.07) is 0. The molecule has 1 saturated carbocycles. The van der Waals surface area contributed by atoms with Gasteiger partial charge in [-0.3, -0.25) is 0 Å². The fraction of sp³-hybridized carbons (Fsp3) is 0.889. The third-order valence-corrected chi connectivity index (χ3v) is 2.54. The zero-order valence-corrected chi connectivity index (χ0v) is 9.95. The van der Waals surface area contributed by atoms with Gasteiger partial charge in [0.05, 0.1) is 0 Å². The van der Waals surface area contributed by atoms with Crippen LogP contribution < -0.4 is 0 Å². The molecule has 0 radical (unpaired) electrons. The third kappa shape index (κ3) is 3.19.